The summed E-state index contributed by atoms with van der Waals surface area (Å²) >= 11 is 5.95. The number of rotatable bonds is 11. The Hall–Kier alpha value is -1.80. The maximum atomic E-state index is 14.1. The topological polar surface area (TPSA) is 116 Å². The third kappa shape index (κ3) is 9.07. The van der Waals surface area contributed by atoms with Crippen LogP contribution in [0.15, 0.2) is 42.5 Å². The SMILES string of the molecule is CCOC(=O)C[C@@H](Cc1ccc(-c2cc(Cl)ccc2F)cc1)NC(O)CCP(=O)(O)O. The van der Waals surface area contributed by atoms with E-state index in [2.05, 4.69) is 5.32 Å². The van der Waals surface area contributed by atoms with Crippen LogP contribution in [0.3, 0.4) is 0 Å². The molecule has 2 atom stereocenters. The highest BCUT2D eigenvalue weighted by Gasteiger charge is 2.21. The van der Waals surface area contributed by atoms with E-state index in [-0.39, 0.29) is 19.4 Å². The summed E-state index contributed by atoms with van der Waals surface area (Å²) in [5.74, 6) is -0.855. The van der Waals surface area contributed by atoms with Gasteiger partial charge >= 0.3 is 13.6 Å². The quantitative estimate of drug-likeness (QED) is 0.224. The highest BCUT2D eigenvalue weighted by molar-refractivity contribution is 7.51. The monoisotopic (exact) mass is 473 g/mol. The lowest BCUT2D eigenvalue weighted by Crippen LogP contribution is -2.41. The van der Waals surface area contributed by atoms with Gasteiger partial charge in [-0.15, -0.1) is 0 Å². The number of aliphatic hydroxyl groups is 1. The van der Waals surface area contributed by atoms with Gasteiger partial charge in [0.25, 0.3) is 0 Å². The first-order valence-electron chi connectivity index (χ1n) is 9.76. The molecule has 1 unspecified atom stereocenters. The number of esters is 1. The third-order valence-electron chi connectivity index (χ3n) is 4.52. The molecule has 0 aliphatic carbocycles. The second-order valence-corrected chi connectivity index (χ2v) is 9.30. The highest BCUT2D eigenvalue weighted by Crippen LogP contribution is 2.35. The van der Waals surface area contributed by atoms with Crippen molar-refractivity contribution < 1.29 is 33.4 Å². The third-order valence-corrected chi connectivity index (χ3v) is 5.59. The van der Waals surface area contributed by atoms with E-state index in [1.807, 2.05) is 0 Å². The first-order valence-corrected chi connectivity index (χ1v) is 11.9. The van der Waals surface area contributed by atoms with Gasteiger partial charge in [0, 0.05) is 16.6 Å². The maximum absolute atomic E-state index is 14.1. The van der Waals surface area contributed by atoms with Crippen molar-refractivity contribution in [2.45, 2.75) is 38.5 Å². The molecule has 2 aromatic carbocycles. The maximum Gasteiger partial charge on any atom is 0.325 e. The van der Waals surface area contributed by atoms with Crippen LogP contribution in [0.2, 0.25) is 5.02 Å². The molecule has 2 rings (SSSR count). The van der Waals surface area contributed by atoms with Gasteiger partial charge in [-0.25, -0.2) is 4.39 Å². The molecule has 2 aromatic rings. The Kier molecular flexibility index (Phi) is 9.62. The highest BCUT2D eigenvalue weighted by atomic mass is 35.5. The van der Waals surface area contributed by atoms with Crippen LogP contribution >= 0.6 is 19.2 Å². The van der Waals surface area contributed by atoms with Crippen LogP contribution in [-0.2, 0) is 20.5 Å². The largest absolute Gasteiger partial charge is 0.466 e. The number of hydrogen-bond donors (Lipinski definition) is 4. The summed E-state index contributed by atoms with van der Waals surface area (Å²) in [6.07, 6.45) is -1.55. The van der Waals surface area contributed by atoms with Crippen LogP contribution in [0.4, 0.5) is 4.39 Å². The van der Waals surface area contributed by atoms with E-state index in [9.17, 15) is 18.9 Å². The van der Waals surface area contributed by atoms with Crippen molar-refractivity contribution in [3.63, 3.8) is 0 Å². The molecule has 10 heteroatoms. The average molecular weight is 474 g/mol. The number of aliphatic hydroxyl groups excluding tert-OH is 1. The van der Waals surface area contributed by atoms with Gasteiger partial charge in [-0.05, 0) is 49.1 Å². The summed E-state index contributed by atoms with van der Waals surface area (Å²) in [7, 11) is -4.24. The van der Waals surface area contributed by atoms with Crippen molar-refractivity contribution in [3.05, 3.63) is 58.9 Å². The average Bonchev–Trinajstić information content (AvgIpc) is 2.68. The molecule has 0 radical (unpaired) electrons. The van der Waals surface area contributed by atoms with Gasteiger partial charge in [0.15, 0.2) is 0 Å². The van der Waals surface area contributed by atoms with Crippen molar-refractivity contribution in [1.82, 2.24) is 5.32 Å². The van der Waals surface area contributed by atoms with Crippen LogP contribution in [0.5, 0.6) is 0 Å². The normalized spacial score (nSPS) is 13.6. The number of carbonyl (C=O) groups is 1. The molecule has 4 N–H and O–H groups in total. The van der Waals surface area contributed by atoms with Crippen molar-refractivity contribution in [1.29, 1.82) is 0 Å². The van der Waals surface area contributed by atoms with E-state index in [1.54, 1.807) is 31.2 Å². The summed E-state index contributed by atoms with van der Waals surface area (Å²) in [4.78, 5) is 29.9. The zero-order valence-electron chi connectivity index (χ0n) is 17.0. The van der Waals surface area contributed by atoms with Crippen LogP contribution in [0.1, 0.15) is 25.3 Å². The Labute approximate surface area is 185 Å². The Bertz CT molecular complexity index is 921. The molecule has 0 saturated carbocycles. The van der Waals surface area contributed by atoms with E-state index in [0.717, 1.165) is 5.56 Å². The fourth-order valence-electron chi connectivity index (χ4n) is 3.08. The molecule has 7 nitrogen and oxygen atoms in total. The fraction of sp³-hybridized carbons (Fsp3) is 0.381. The summed E-state index contributed by atoms with van der Waals surface area (Å²) < 4.78 is 30.1. The minimum atomic E-state index is -4.24. The summed E-state index contributed by atoms with van der Waals surface area (Å²) in [5, 5.41) is 13.3. The summed E-state index contributed by atoms with van der Waals surface area (Å²) in [6, 6.07) is 10.8. The minimum Gasteiger partial charge on any atom is -0.466 e. The van der Waals surface area contributed by atoms with E-state index < -0.39 is 37.8 Å². The molecule has 0 fully saturated rings. The molecule has 0 aliphatic rings. The number of nitrogens with one attached hydrogen (secondary N) is 1. The van der Waals surface area contributed by atoms with Crippen LogP contribution in [0.25, 0.3) is 11.1 Å². The van der Waals surface area contributed by atoms with Gasteiger partial charge in [-0.2, -0.15) is 0 Å². The van der Waals surface area contributed by atoms with E-state index >= 15 is 0 Å². The van der Waals surface area contributed by atoms with Crippen molar-refractivity contribution in [3.8, 4) is 11.1 Å². The van der Waals surface area contributed by atoms with Crippen molar-refractivity contribution in [2.75, 3.05) is 12.8 Å². The Balaban J connectivity index is 2.10. The molecular formula is C21H26ClFNO6P. The molecule has 170 valence electrons. The molecule has 0 aliphatic heterocycles. The lowest BCUT2D eigenvalue weighted by atomic mass is 9.99. The van der Waals surface area contributed by atoms with Crippen LogP contribution < -0.4 is 5.32 Å². The Morgan fingerprint density at radius 1 is 1.23 bits per heavy atom. The second kappa shape index (κ2) is 11.7. The van der Waals surface area contributed by atoms with Gasteiger partial charge in [0.1, 0.15) is 12.0 Å². The van der Waals surface area contributed by atoms with E-state index in [1.165, 1.54) is 18.2 Å². The predicted molar refractivity (Wildman–Crippen MR) is 116 cm³/mol. The molecular weight excluding hydrogens is 448 g/mol. The fourth-order valence-corrected chi connectivity index (χ4v) is 3.83. The Morgan fingerprint density at radius 2 is 1.90 bits per heavy atom. The molecule has 0 saturated heterocycles. The first kappa shape index (κ1) is 25.5. The number of benzene rings is 2. The van der Waals surface area contributed by atoms with Gasteiger partial charge in [-0.1, -0.05) is 35.9 Å². The zero-order valence-corrected chi connectivity index (χ0v) is 18.7. The van der Waals surface area contributed by atoms with Gasteiger partial charge < -0.3 is 19.6 Å². The van der Waals surface area contributed by atoms with E-state index in [0.29, 0.717) is 22.6 Å². The number of hydrogen-bond acceptors (Lipinski definition) is 5. The van der Waals surface area contributed by atoms with Gasteiger partial charge in [0.2, 0.25) is 0 Å². The molecule has 0 spiro atoms. The molecule has 0 aromatic heterocycles. The zero-order chi connectivity index (χ0) is 23.0. The smallest absolute Gasteiger partial charge is 0.325 e. The summed E-state index contributed by atoms with van der Waals surface area (Å²) in [6.45, 7) is 1.90. The number of halogens is 2. The number of carbonyl (C=O) groups excluding carboxylic acids is 1. The van der Waals surface area contributed by atoms with E-state index in [4.69, 9.17) is 26.1 Å². The van der Waals surface area contributed by atoms with Crippen LogP contribution in [0, 0.1) is 5.82 Å². The molecule has 31 heavy (non-hydrogen) atoms. The van der Waals surface area contributed by atoms with Gasteiger partial charge in [0.05, 0.1) is 19.2 Å². The molecule has 0 heterocycles. The minimum absolute atomic E-state index is 0.0362. The first-order chi connectivity index (χ1) is 14.6. The lowest BCUT2D eigenvalue weighted by Gasteiger charge is -2.22. The van der Waals surface area contributed by atoms with Gasteiger partial charge in [-0.3, -0.25) is 14.7 Å². The Morgan fingerprint density at radius 3 is 2.52 bits per heavy atom. The molecule has 0 amide bonds. The second-order valence-electron chi connectivity index (χ2n) is 7.09. The standard InChI is InChI=1S/C21H26ClFNO6P/c1-2-30-21(26)13-17(24-20(25)9-10-31(27,28)29)11-14-3-5-15(6-4-14)18-12-16(22)7-8-19(18)23/h3-8,12,17,20,24-25H,2,9-11,13H2,1H3,(H2,27,28,29)/t17-,20?/m1/s1. The lowest BCUT2D eigenvalue weighted by molar-refractivity contribution is -0.143. The number of ether oxygens (including phenoxy) is 1. The summed E-state index contributed by atoms with van der Waals surface area (Å²) in [5.41, 5.74) is 1.82. The van der Waals surface area contributed by atoms with Crippen molar-refractivity contribution in [2.24, 2.45) is 0 Å². The van der Waals surface area contributed by atoms with Crippen molar-refractivity contribution >= 4 is 25.2 Å². The predicted octanol–water partition coefficient (Wildman–Crippen LogP) is 3.49. The van der Waals surface area contributed by atoms with Crippen LogP contribution in [-0.4, -0.2) is 45.9 Å². The molecule has 0 bridgehead atoms.